The van der Waals surface area contributed by atoms with Crippen molar-refractivity contribution < 1.29 is 9.47 Å². The molecule has 0 bridgehead atoms. The highest BCUT2D eigenvalue weighted by atomic mass is 127. The van der Waals surface area contributed by atoms with E-state index in [2.05, 4.69) is 34.7 Å². The maximum absolute atomic E-state index is 5.89. The Bertz CT molecular complexity index is 680. The van der Waals surface area contributed by atoms with Crippen LogP contribution in [-0.4, -0.2) is 33.3 Å². The number of guanidine groups is 1. The monoisotopic (exact) mass is 483 g/mol. The van der Waals surface area contributed by atoms with Crippen LogP contribution in [0.25, 0.3) is 0 Å². The van der Waals surface area contributed by atoms with E-state index >= 15 is 0 Å². The topological polar surface area (TPSA) is 54.9 Å². The van der Waals surface area contributed by atoms with Gasteiger partial charge in [0.1, 0.15) is 5.75 Å². The van der Waals surface area contributed by atoms with E-state index in [0.717, 1.165) is 30.2 Å². The quantitative estimate of drug-likeness (QED) is 0.244. The van der Waals surface area contributed by atoms with Gasteiger partial charge in [0.05, 0.1) is 13.2 Å². The third kappa shape index (κ3) is 8.17. The van der Waals surface area contributed by atoms with Crippen LogP contribution in [0.15, 0.2) is 59.6 Å². The second-order valence-corrected chi connectivity index (χ2v) is 5.94. The number of ether oxygens (including phenoxy) is 2. The van der Waals surface area contributed by atoms with Crippen molar-refractivity contribution in [1.29, 1.82) is 0 Å². The van der Waals surface area contributed by atoms with Crippen LogP contribution in [-0.2, 0) is 11.3 Å². The van der Waals surface area contributed by atoms with Crippen molar-refractivity contribution in [2.45, 2.75) is 26.0 Å². The van der Waals surface area contributed by atoms with Gasteiger partial charge in [0.15, 0.2) is 5.96 Å². The molecule has 0 aliphatic rings. The molecular weight excluding hydrogens is 453 g/mol. The van der Waals surface area contributed by atoms with E-state index < -0.39 is 0 Å². The van der Waals surface area contributed by atoms with Crippen LogP contribution in [0, 0.1) is 0 Å². The second-order valence-electron chi connectivity index (χ2n) is 5.94. The number of aliphatic imine (C=N–C) groups is 1. The van der Waals surface area contributed by atoms with Crippen LogP contribution < -0.4 is 15.4 Å². The van der Waals surface area contributed by atoms with Gasteiger partial charge < -0.3 is 20.1 Å². The first-order chi connectivity index (χ1) is 12.7. The normalized spacial score (nSPS) is 12.0. The van der Waals surface area contributed by atoms with E-state index in [1.165, 1.54) is 5.56 Å². The van der Waals surface area contributed by atoms with Crippen LogP contribution >= 0.6 is 24.0 Å². The van der Waals surface area contributed by atoms with Gasteiger partial charge in [0.2, 0.25) is 0 Å². The maximum Gasteiger partial charge on any atom is 0.191 e. The lowest BCUT2D eigenvalue weighted by molar-refractivity contribution is 0.0646. The number of hydrogen-bond donors (Lipinski definition) is 2. The van der Waals surface area contributed by atoms with E-state index in [0.29, 0.717) is 13.2 Å². The number of benzene rings is 2. The molecule has 0 aliphatic heterocycles. The highest BCUT2D eigenvalue weighted by Crippen LogP contribution is 2.17. The van der Waals surface area contributed by atoms with Gasteiger partial charge >= 0.3 is 0 Å². The molecule has 0 aromatic heterocycles. The predicted octanol–water partition coefficient (Wildman–Crippen LogP) is 4.15. The molecule has 0 amide bonds. The van der Waals surface area contributed by atoms with Crippen molar-refractivity contribution in [3.8, 4) is 5.75 Å². The summed E-state index contributed by atoms with van der Waals surface area (Å²) in [5, 5.41) is 6.61. The summed E-state index contributed by atoms with van der Waals surface area (Å²) in [4.78, 5) is 4.25. The highest BCUT2D eigenvalue weighted by molar-refractivity contribution is 14.0. The summed E-state index contributed by atoms with van der Waals surface area (Å²) in [5.74, 6) is 1.64. The molecule has 1 unspecified atom stereocenters. The lowest BCUT2D eigenvalue weighted by Crippen LogP contribution is -2.37. The number of rotatable bonds is 9. The third-order valence-electron chi connectivity index (χ3n) is 4.11. The minimum absolute atomic E-state index is 0. The number of methoxy groups -OCH3 is 1. The Hall–Kier alpha value is -1.80. The fraction of sp³-hybridized carbons (Fsp3) is 0.381. The summed E-state index contributed by atoms with van der Waals surface area (Å²) in [6.07, 6.45) is 1.02. The summed E-state index contributed by atoms with van der Waals surface area (Å²) >= 11 is 0. The first-order valence-corrected chi connectivity index (χ1v) is 8.97. The zero-order chi connectivity index (χ0) is 18.6. The Morgan fingerprint density at radius 3 is 2.44 bits per heavy atom. The zero-order valence-corrected chi connectivity index (χ0v) is 18.6. The highest BCUT2D eigenvalue weighted by Gasteiger charge is 2.05. The molecular formula is C21H30IN3O2. The minimum atomic E-state index is 0. The molecule has 6 heteroatoms. The number of hydrogen-bond acceptors (Lipinski definition) is 3. The Morgan fingerprint density at radius 2 is 1.74 bits per heavy atom. The van der Waals surface area contributed by atoms with Gasteiger partial charge in [-0.3, -0.25) is 4.99 Å². The van der Waals surface area contributed by atoms with Gasteiger partial charge in [-0.15, -0.1) is 24.0 Å². The first kappa shape index (κ1) is 23.2. The molecule has 1 atom stereocenters. The van der Waals surface area contributed by atoms with E-state index in [1.807, 2.05) is 42.5 Å². The molecule has 0 saturated carbocycles. The van der Waals surface area contributed by atoms with Gasteiger partial charge in [-0.1, -0.05) is 48.5 Å². The summed E-state index contributed by atoms with van der Waals surface area (Å²) in [6, 6.07) is 18.2. The Labute approximate surface area is 179 Å². The van der Waals surface area contributed by atoms with Crippen LogP contribution in [0.1, 0.15) is 30.6 Å². The fourth-order valence-corrected chi connectivity index (χ4v) is 2.61. The van der Waals surface area contributed by atoms with Crippen molar-refractivity contribution >= 4 is 29.9 Å². The summed E-state index contributed by atoms with van der Waals surface area (Å²) in [6.45, 7) is 4.24. The molecule has 2 aromatic carbocycles. The molecule has 0 spiro atoms. The maximum atomic E-state index is 5.89. The molecule has 5 nitrogen and oxygen atoms in total. The van der Waals surface area contributed by atoms with E-state index in [-0.39, 0.29) is 30.1 Å². The van der Waals surface area contributed by atoms with Crippen molar-refractivity contribution in [1.82, 2.24) is 10.6 Å². The third-order valence-corrected chi connectivity index (χ3v) is 4.11. The smallest absolute Gasteiger partial charge is 0.191 e. The molecule has 0 radical (unpaired) electrons. The van der Waals surface area contributed by atoms with Crippen molar-refractivity contribution in [2.75, 3.05) is 27.3 Å². The zero-order valence-electron chi connectivity index (χ0n) is 16.3. The molecule has 2 N–H and O–H groups in total. The SMILES string of the molecule is CN=C(NCCCOC(C)c1ccccc1)NCc1ccccc1OC.I. The molecule has 27 heavy (non-hydrogen) atoms. The van der Waals surface area contributed by atoms with Crippen LogP contribution in [0.3, 0.4) is 0 Å². The van der Waals surface area contributed by atoms with Gasteiger partial charge in [-0.25, -0.2) is 0 Å². The van der Waals surface area contributed by atoms with E-state index in [9.17, 15) is 0 Å². The van der Waals surface area contributed by atoms with Crippen molar-refractivity contribution in [2.24, 2.45) is 4.99 Å². The summed E-state index contributed by atoms with van der Waals surface area (Å²) < 4.78 is 11.3. The Kier molecular flexibility index (Phi) is 11.5. The minimum Gasteiger partial charge on any atom is -0.496 e. The molecule has 2 rings (SSSR count). The average Bonchev–Trinajstić information content (AvgIpc) is 2.70. The molecule has 0 saturated heterocycles. The van der Waals surface area contributed by atoms with Gasteiger partial charge in [-0.2, -0.15) is 0 Å². The molecule has 2 aromatic rings. The van der Waals surface area contributed by atoms with E-state index in [4.69, 9.17) is 9.47 Å². The van der Waals surface area contributed by atoms with Crippen LogP contribution in [0.5, 0.6) is 5.75 Å². The lowest BCUT2D eigenvalue weighted by Gasteiger charge is -2.15. The van der Waals surface area contributed by atoms with Crippen LogP contribution in [0.2, 0.25) is 0 Å². The largest absolute Gasteiger partial charge is 0.496 e. The number of halogens is 1. The average molecular weight is 483 g/mol. The van der Waals surface area contributed by atoms with Gasteiger partial charge in [0, 0.05) is 32.3 Å². The predicted molar refractivity (Wildman–Crippen MR) is 122 cm³/mol. The Balaban J connectivity index is 0.00000364. The second kappa shape index (κ2) is 13.4. The number of nitrogens with one attached hydrogen (secondary N) is 2. The Morgan fingerprint density at radius 1 is 1.04 bits per heavy atom. The van der Waals surface area contributed by atoms with E-state index in [1.54, 1.807) is 14.2 Å². The van der Waals surface area contributed by atoms with Crippen LogP contribution in [0.4, 0.5) is 0 Å². The molecule has 148 valence electrons. The molecule has 0 aliphatic carbocycles. The fourth-order valence-electron chi connectivity index (χ4n) is 2.61. The number of para-hydroxylation sites is 1. The number of nitrogens with zero attached hydrogens (tertiary/aromatic N) is 1. The standard InChI is InChI=1S/C21H29N3O2.HI/c1-17(18-10-5-4-6-11-18)26-15-9-14-23-21(22-2)24-16-19-12-7-8-13-20(19)25-3;/h4-8,10-13,17H,9,14-16H2,1-3H3,(H2,22,23,24);1H. The first-order valence-electron chi connectivity index (χ1n) is 8.97. The van der Waals surface area contributed by atoms with Gasteiger partial charge in [-0.05, 0) is 25.0 Å². The lowest BCUT2D eigenvalue weighted by atomic mass is 10.1. The molecule has 0 fully saturated rings. The van der Waals surface area contributed by atoms with Crippen molar-refractivity contribution in [3.63, 3.8) is 0 Å². The summed E-state index contributed by atoms with van der Waals surface area (Å²) in [7, 11) is 3.45. The summed E-state index contributed by atoms with van der Waals surface area (Å²) in [5.41, 5.74) is 2.30. The molecule has 0 heterocycles. The van der Waals surface area contributed by atoms with Crippen molar-refractivity contribution in [3.05, 3.63) is 65.7 Å². The van der Waals surface area contributed by atoms with Gasteiger partial charge in [0.25, 0.3) is 0 Å².